The second-order valence-corrected chi connectivity index (χ2v) is 9.45. The van der Waals surface area contributed by atoms with Crippen molar-refractivity contribution >= 4 is 28.6 Å². The topological polar surface area (TPSA) is 72.4 Å². The van der Waals surface area contributed by atoms with Crippen LogP contribution in [-0.2, 0) is 24.3 Å². The van der Waals surface area contributed by atoms with Crippen molar-refractivity contribution < 1.29 is 14.3 Å². The van der Waals surface area contributed by atoms with Gasteiger partial charge in [-0.3, -0.25) is 4.79 Å². The van der Waals surface area contributed by atoms with Gasteiger partial charge in [-0.25, -0.2) is 4.98 Å². The highest BCUT2D eigenvalue weighted by molar-refractivity contribution is 7.99. The first-order valence-electron chi connectivity index (χ1n) is 11.7. The summed E-state index contributed by atoms with van der Waals surface area (Å²) in [6, 6.07) is 14.3. The van der Waals surface area contributed by atoms with Gasteiger partial charge in [0.05, 0.1) is 17.6 Å². The number of nitrogens with one attached hydrogen (secondary N) is 1. The van der Waals surface area contributed by atoms with Crippen molar-refractivity contribution in [3.8, 4) is 22.8 Å². The summed E-state index contributed by atoms with van der Waals surface area (Å²) in [5, 5.41) is 2.07. The van der Waals surface area contributed by atoms with E-state index in [-0.39, 0.29) is 5.91 Å². The molecule has 0 saturated heterocycles. The first-order chi connectivity index (χ1) is 16.7. The molecule has 34 heavy (non-hydrogen) atoms. The van der Waals surface area contributed by atoms with Crippen molar-refractivity contribution in [2.24, 2.45) is 0 Å². The number of ether oxygens (including phenoxy) is 2. The van der Waals surface area contributed by atoms with Crippen molar-refractivity contribution in [3.05, 3.63) is 59.9 Å². The van der Waals surface area contributed by atoms with Crippen molar-refractivity contribution in [2.75, 3.05) is 25.5 Å². The molecular formula is C26H26N4O3S. The minimum absolute atomic E-state index is 0.146. The predicted octanol–water partition coefficient (Wildman–Crippen LogP) is 4.50. The number of hydrogen-bond donors (Lipinski definition) is 1. The summed E-state index contributed by atoms with van der Waals surface area (Å²) in [5.74, 6) is 2.05. The molecule has 7 nitrogen and oxygen atoms in total. The van der Waals surface area contributed by atoms with E-state index in [0.717, 1.165) is 52.9 Å². The highest BCUT2D eigenvalue weighted by atomic mass is 32.2. The van der Waals surface area contributed by atoms with Crippen LogP contribution in [0.15, 0.2) is 53.8 Å². The predicted molar refractivity (Wildman–Crippen MR) is 132 cm³/mol. The Kier molecular flexibility index (Phi) is 5.45. The molecule has 0 radical (unpaired) electrons. The number of carbonyl (C=O) groups excluding carboxylic acids is 1. The molecule has 0 fully saturated rings. The summed E-state index contributed by atoms with van der Waals surface area (Å²) in [4.78, 5) is 23.2. The summed E-state index contributed by atoms with van der Waals surface area (Å²) >= 11 is 1.50. The zero-order valence-electron chi connectivity index (χ0n) is 19.0. The molecule has 4 heterocycles. The molecule has 2 aromatic heterocycles. The zero-order valence-corrected chi connectivity index (χ0v) is 19.9. The maximum atomic E-state index is 13.1. The molecule has 0 unspecified atom stereocenters. The van der Waals surface area contributed by atoms with Gasteiger partial charge < -0.3 is 23.9 Å². The quantitative estimate of drug-likeness (QED) is 0.431. The van der Waals surface area contributed by atoms with Crippen LogP contribution in [0.1, 0.15) is 18.2 Å². The third-order valence-electron chi connectivity index (χ3n) is 6.53. The zero-order chi connectivity index (χ0) is 23.1. The number of imidazole rings is 1. The number of hydrogen-bond acceptors (Lipinski definition) is 5. The standard InChI is InChI=1S/C26H26N4O3S/c1-2-30-22(17-7-8-23-24(13-17)33-12-11-32-23)14-27-26(30)34-16-25(31)29-10-9-21-19(15-29)18-5-3-4-6-20(18)28-21/h3-8,13-14,28H,2,9-12,15-16H2,1H3. The first kappa shape index (κ1) is 21.2. The Bertz CT molecular complexity index is 1380. The minimum atomic E-state index is 0.146. The molecule has 0 bridgehead atoms. The van der Waals surface area contributed by atoms with Crippen LogP contribution in [0, 0.1) is 0 Å². The Hall–Kier alpha value is -3.39. The van der Waals surface area contributed by atoms with Crippen molar-refractivity contribution in [2.45, 2.75) is 31.6 Å². The van der Waals surface area contributed by atoms with Crippen LogP contribution in [0.5, 0.6) is 11.5 Å². The Morgan fingerprint density at radius 2 is 2.00 bits per heavy atom. The smallest absolute Gasteiger partial charge is 0.233 e. The lowest BCUT2D eigenvalue weighted by Gasteiger charge is -2.27. The Balaban J connectivity index is 1.17. The molecule has 0 atom stereocenters. The van der Waals surface area contributed by atoms with E-state index < -0.39 is 0 Å². The van der Waals surface area contributed by atoms with Crippen molar-refractivity contribution in [1.29, 1.82) is 0 Å². The monoisotopic (exact) mass is 474 g/mol. The molecule has 0 aliphatic carbocycles. The number of aromatic nitrogens is 3. The number of amides is 1. The number of rotatable bonds is 5. The van der Waals surface area contributed by atoms with E-state index in [9.17, 15) is 4.79 Å². The largest absolute Gasteiger partial charge is 0.486 e. The fourth-order valence-corrected chi connectivity index (χ4v) is 5.76. The highest BCUT2D eigenvalue weighted by Gasteiger charge is 2.24. The normalized spacial score (nSPS) is 14.9. The molecule has 1 amide bonds. The molecule has 1 N–H and O–H groups in total. The van der Waals surface area contributed by atoms with Crippen LogP contribution in [0.2, 0.25) is 0 Å². The van der Waals surface area contributed by atoms with Gasteiger partial charge in [0.2, 0.25) is 5.91 Å². The molecule has 174 valence electrons. The van der Waals surface area contributed by atoms with E-state index in [2.05, 4.69) is 39.7 Å². The van der Waals surface area contributed by atoms with Crippen LogP contribution >= 0.6 is 11.8 Å². The van der Waals surface area contributed by atoms with Crippen LogP contribution < -0.4 is 9.47 Å². The van der Waals surface area contributed by atoms with Crippen LogP contribution in [-0.4, -0.2) is 50.9 Å². The molecule has 0 saturated carbocycles. The summed E-state index contributed by atoms with van der Waals surface area (Å²) in [7, 11) is 0. The number of thioether (sulfide) groups is 1. The lowest BCUT2D eigenvalue weighted by molar-refractivity contribution is -0.129. The van der Waals surface area contributed by atoms with Gasteiger partial charge in [-0.15, -0.1) is 0 Å². The number of aromatic amines is 1. The Labute approximate surface area is 202 Å². The van der Waals surface area contributed by atoms with Gasteiger partial charge in [0, 0.05) is 53.8 Å². The van der Waals surface area contributed by atoms with Gasteiger partial charge in [-0.2, -0.15) is 0 Å². The van der Waals surface area contributed by atoms with Crippen LogP contribution in [0.4, 0.5) is 0 Å². The number of H-pyrrole nitrogens is 1. The molecular weight excluding hydrogens is 448 g/mol. The minimum Gasteiger partial charge on any atom is -0.486 e. The maximum Gasteiger partial charge on any atom is 0.233 e. The van der Waals surface area contributed by atoms with Gasteiger partial charge in [0.1, 0.15) is 13.2 Å². The van der Waals surface area contributed by atoms with E-state index >= 15 is 0 Å². The lowest BCUT2D eigenvalue weighted by Crippen LogP contribution is -2.36. The molecule has 0 spiro atoms. The number of fused-ring (bicyclic) bond motifs is 4. The Morgan fingerprint density at radius 1 is 1.15 bits per heavy atom. The third kappa shape index (κ3) is 3.72. The van der Waals surface area contributed by atoms with Gasteiger partial charge in [-0.05, 0) is 31.2 Å². The van der Waals surface area contributed by atoms with E-state index in [1.54, 1.807) is 0 Å². The number of para-hydroxylation sites is 1. The summed E-state index contributed by atoms with van der Waals surface area (Å²) in [6.07, 6.45) is 2.74. The fourth-order valence-electron chi connectivity index (χ4n) is 4.81. The van der Waals surface area contributed by atoms with E-state index in [0.29, 0.717) is 25.5 Å². The highest BCUT2D eigenvalue weighted by Crippen LogP contribution is 2.36. The molecule has 4 aromatic rings. The maximum absolute atomic E-state index is 13.1. The van der Waals surface area contributed by atoms with Crippen LogP contribution in [0.3, 0.4) is 0 Å². The SMILES string of the molecule is CCn1c(-c2ccc3c(c2)OCCO3)cnc1SCC(=O)N1CCc2[nH]c3ccccc3c2C1. The number of nitrogens with zero attached hydrogens (tertiary/aromatic N) is 3. The van der Waals surface area contributed by atoms with Gasteiger partial charge in [-0.1, -0.05) is 30.0 Å². The van der Waals surface area contributed by atoms with Gasteiger partial charge >= 0.3 is 0 Å². The molecule has 2 aliphatic rings. The second kappa shape index (κ2) is 8.76. The van der Waals surface area contributed by atoms with Crippen LogP contribution in [0.25, 0.3) is 22.2 Å². The average Bonchev–Trinajstić information content (AvgIpc) is 3.47. The van der Waals surface area contributed by atoms with Crippen molar-refractivity contribution in [3.63, 3.8) is 0 Å². The van der Waals surface area contributed by atoms with E-state index in [4.69, 9.17) is 9.47 Å². The number of carbonyl (C=O) groups is 1. The molecule has 2 aromatic carbocycles. The molecule has 6 rings (SSSR count). The summed E-state index contributed by atoms with van der Waals surface area (Å²) < 4.78 is 13.5. The molecule has 2 aliphatic heterocycles. The van der Waals surface area contributed by atoms with Gasteiger partial charge in [0.15, 0.2) is 16.7 Å². The summed E-state index contributed by atoms with van der Waals surface area (Å²) in [6.45, 7) is 5.39. The first-order valence-corrected chi connectivity index (χ1v) is 12.6. The second-order valence-electron chi connectivity index (χ2n) is 8.51. The third-order valence-corrected chi connectivity index (χ3v) is 7.51. The average molecular weight is 475 g/mol. The van der Waals surface area contributed by atoms with E-state index in [1.165, 1.54) is 28.4 Å². The van der Waals surface area contributed by atoms with Gasteiger partial charge in [0.25, 0.3) is 0 Å². The Morgan fingerprint density at radius 3 is 2.88 bits per heavy atom. The van der Waals surface area contributed by atoms with Crippen molar-refractivity contribution in [1.82, 2.24) is 19.4 Å². The number of benzene rings is 2. The summed E-state index contributed by atoms with van der Waals surface area (Å²) in [5.41, 5.74) is 5.68. The van der Waals surface area contributed by atoms with E-state index in [1.807, 2.05) is 35.4 Å². The molecule has 8 heteroatoms. The lowest BCUT2D eigenvalue weighted by atomic mass is 10.0. The fraction of sp³-hybridized carbons (Fsp3) is 0.308.